The highest BCUT2D eigenvalue weighted by molar-refractivity contribution is 5.79. The fourth-order valence-corrected chi connectivity index (χ4v) is 1.90. The molecular formula is C14H27F3N4. The zero-order chi connectivity index (χ0) is 16.3. The summed E-state index contributed by atoms with van der Waals surface area (Å²) in [5.41, 5.74) is 0. The summed E-state index contributed by atoms with van der Waals surface area (Å²) in [5.74, 6) is 0.762. The van der Waals surface area contributed by atoms with Crippen molar-refractivity contribution in [1.29, 1.82) is 0 Å². The van der Waals surface area contributed by atoms with E-state index < -0.39 is 12.7 Å². The lowest BCUT2D eigenvalue weighted by atomic mass is 10.3. The van der Waals surface area contributed by atoms with E-state index in [-0.39, 0.29) is 0 Å². The van der Waals surface area contributed by atoms with E-state index in [9.17, 15) is 13.2 Å². The van der Waals surface area contributed by atoms with Gasteiger partial charge in [-0.25, -0.2) is 0 Å². The van der Waals surface area contributed by atoms with Crippen molar-refractivity contribution in [1.82, 2.24) is 15.1 Å². The van der Waals surface area contributed by atoms with Crippen LogP contribution < -0.4 is 5.32 Å². The standard InChI is InChI=1S/C14H27F3N4/c1-5-6-7-11-21(4)13(18-2)19-9-8-10-20(3)12-14(15,16)17/h5H,1,6-12H2,2-4H3,(H,18,19). The molecule has 0 aliphatic carbocycles. The molecule has 0 unspecified atom stereocenters. The Morgan fingerprint density at radius 3 is 2.43 bits per heavy atom. The monoisotopic (exact) mass is 308 g/mol. The molecule has 0 aromatic rings. The molecule has 21 heavy (non-hydrogen) atoms. The molecule has 4 nitrogen and oxygen atoms in total. The lowest BCUT2D eigenvalue weighted by molar-refractivity contribution is -0.143. The summed E-state index contributed by atoms with van der Waals surface area (Å²) in [6, 6.07) is 0. The van der Waals surface area contributed by atoms with Gasteiger partial charge in [0.1, 0.15) is 0 Å². The molecule has 0 heterocycles. The van der Waals surface area contributed by atoms with Crippen LogP contribution in [0.25, 0.3) is 0 Å². The average molecular weight is 308 g/mol. The summed E-state index contributed by atoms with van der Waals surface area (Å²) < 4.78 is 36.5. The van der Waals surface area contributed by atoms with Gasteiger partial charge in [0.25, 0.3) is 0 Å². The zero-order valence-electron chi connectivity index (χ0n) is 13.2. The molecule has 0 saturated carbocycles. The highest BCUT2D eigenvalue weighted by atomic mass is 19.4. The molecule has 0 amide bonds. The van der Waals surface area contributed by atoms with Gasteiger partial charge in [0, 0.05) is 27.2 Å². The first kappa shape index (κ1) is 19.8. The van der Waals surface area contributed by atoms with E-state index in [1.165, 1.54) is 11.9 Å². The molecule has 0 rings (SSSR count). The largest absolute Gasteiger partial charge is 0.401 e. The number of hydrogen-bond acceptors (Lipinski definition) is 2. The van der Waals surface area contributed by atoms with Crippen LogP contribution in [-0.2, 0) is 0 Å². The van der Waals surface area contributed by atoms with E-state index >= 15 is 0 Å². The number of unbranched alkanes of at least 4 members (excludes halogenated alkanes) is 1. The quantitative estimate of drug-likeness (QED) is 0.307. The van der Waals surface area contributed by atoms with Gasteiger partial charge in [-0.2, -0.15) is 13.2 Å². The number of nitrogens with one attached hydrogen (secondary N) is 1. The summed E-state index contributed by atoms with van der Waals surface area (Å²) in [4.78, 5) is 7.43. The summed E-state index contributed by atoms with van der Waals surface area (Å²) in [7, 11) is 5.11. The maximum atomic E-state index is 12.2. The number of nitrogens with zero attached hydrogens (tertiary/aromatic N) is 3. The molecule has 0 atom stereocenters. The molecule has 0 aliphatic heterocycles. The second kappa shape index (κ2) is 10.5. The third-order valence-electron chi connectivity index (χ3n) is 2.92. The Balaban J connectivity index is 3.89. The highest BCUT2D eigenvalue weighted by Gasteiger charge is 2.28. The highest BCUT2D eigenvalue weighted by Crippen LogP contribution is 2.15. The van der Waals surface area contributed by atoms with Gasteiger partial charge in [0.15, 0.2) is 5.96 Å². The molecule has 0 saturated heterocycles. The number of rotatable bonds is 9. The molecule has 0 bridgehead atoms. The van der Waals surface area contributed by atoms with E-state index in [0.29, 0.717) is 19.5 Å². The van der Waals surface area contributed by atoms with E-state index in [4.69, 9.17) is 0 Å². The third-order valence-corrected chi connectivity index (χ3v) is 2.92. The van der Waals surface area contributed by atoms with Crippen LogP contribution in [-0.4, -0.2) is 69.3 Å². The summed E-state index contributed by atoms with van der Waals surface area (Å²) in [6.07, 6.45) is 0.314. The molecule has 0 aromatic heterocycles. The van der Waals surface area contributed by atoms with Crippen LogP contribution in [0.2, 0.25) is 0 Å². The van der Waals surface area contributed by atoms with E-state index in [0.717, 1.165) is 25.3 Å². The minimum atomic E-state index is -4.14. The lowest BCUT2D eigenvalue weighted by Gasteiger charge is -2.23. The topological polar surface area (TPSA) is 30.9 Å². The van der Waals surface area contributed by atoms with Gasteiger partial charge in [-0.05, 0) is 32.9 Å². The maximum absolute atomic E-state index is 12.2. The predicted molar refractivity (Wildman–Crippen MR) is 81.6 cm³/mol. The molecule has 0 radical (unpaired) electrons. The molecule has 7 heteroatoms. The van der Waals surface area contributed by atoms with Gasteiger partial charge in [-0.15, -0.1) is 6.58 Å². The Kier molecular flexibility index (Phi) is 9.86. The molecular weight excluding hydrogens is 281 g/mol. The number of allylic oxidation sites excluding steroid dienone is 1. The van der Waals surface area contributed by atoms with Crippen molar-refractivity contribution in [2.24, 2.45) is 4.99 Å². The number of guanidine groups is 1. The fraction of sp³-hybridized carbons (Fsp3) is 0.786. The zero-order valence-corrected chi connectivity index (χ0v) is 13.2. The van der Waals surface area contributed by atoms with Gasteiger partial charge >= 0.3 is 6.18 Å². The van der Waals surface area contributed by atoms with E-state index in [2.05, 4.69) is 16.9 Å². The van der Waals surface area contributed by atoms with Crippen LogP contribution in [0, 0.1) is 0 Å². The normalized spacial score (nSPS) is 12.6. The Morgan fingerprint density at radius 1 is 1.24 bits per heavy atom. The maximum Gasteiger partial charge on any atom is 0.401 e. The first-order chi connectivity index (χ1) is 9.80. The molecule has 0 fully saturated rings. The van der Waals surface area contributed by atoms with Crippen molar-refractivity contribution in [2.75, 3.05) is 47.3 Å². The number of halogens is 3. The van der Waals surface area contributed by atoms with Crippen molar-refractivity contribution in [3.63, 3.8) is 0 Å². The Hall–Kier alpha value is -1.24. The predicted octanol–water partition coefficient (Wildman–Crippen LogP) is 2.34. The first-order valence-corrected chi connectivity index (χ1v) is 7.08. The summed E-state index contributed by atoms with van der Waals surface area (Å²) >= 11 is 0. The second-order valence-corrected chi connectivity index (χ2v) is 5.03. The molecule has 0 spiro atoms. The number of aliphatic imine (C=N–C) groups is 1. The van der Waals surface area contributed by atoms with Gasteiger partial charge in [0.2, 0.25) is 0 Å². The summed E-state index contributed by atoms with van der Waals surface area (Å²) in [5, 5.41) is 3.16. The van der Waals surface area contributed by atoms with Crippen molar-refractivity contribution >= 4 is 5.96 Å². The Labute approximate surface area is 125 Å². The van der Waals surface area contributed by atoms with Crippen molar-refractivity contribution in [2.45, 2.75) is 25.4 Å². The van der Waals surface area contributed by atoms with Crippen LogP contribution in [0.15, 0.2) is 17.6 Å². The van der Waals surface area contributed by atoms with Gasteiger partial charge in [0.05, 0.1) is 6.54 Å². The third kappa shape index (κ3) is 11.1. The second-order valence-electron chi connectivity index (χ2n) is 5.03. The van der Waals surface area contributed by atoms with Crippen LogP contribution in [0.4, 0.5) is 13.2 Å². The number of alkyl halides is 3. The molecule has 124 valence electrons. The Morgan fingerprint density at radius 2 is 1.90 bits per heavy atom. The fourth-order valence-electron chi connectivity index (χ4n) is 1.90. The average Bonchev–Trinajstić information content (AvgIpc) is 2.36. The van der Waals surface area contributed by atoms with Crippen LogP contribution >= 0.6 is 0 Å². The smallest absolute Gasteiger partial charge is 0.356 e. The van der Waals surface area contributed by atoms with Crippen LogP contribution in [0.3, 0.4) is 0 Å². The minimum absolute atomic E-state index is 0.393. The molecule has 1 N–H and O–H groups in total. The van der Waals surface area contributed by atoms with E-state index in [1.807, 2.05) is 18.0 Å². The lowest BCUT2D eigenvalue weighted by Crippen LogP contribution is -2.40. The Bertz CT molecular complexity index is 316. The van der Waals surface area contributed by atoms with Gasteiger partial charge in [-0.1, -0.05) is 6.08 Å². The first-order valence-electron chi connectivity index (χ1n) is 7.08. The SMILES string of the molecule is C=CCCCN(C)C(=NC)NCCCN(C)CC(F)(F)F. The van der Waals surface area contributed by atoms with Crippen LogP contribution in [0.5, 0.6) is 0 Å². The van der Waals surface area contributed by atoms with Gasteiger partial charge < -0.3 is 10.2 Å². The van der Waals surface area contributed by atoms with Crippen molar-refractivity contribution in [3.8, 4) is 0 Å². The summed E-state index contributed by atoms with van der Waals surface area (Å²) in [6.45, 7) is 4.66. The van der Waals surface area contributed by atoms with Crippen molar-refractivity contribution in [3.05, 3.63) is 12.7 Å². The van der Waals surface area contributed by atoms with Crippen LogP contribution in [0.1, 0.15) is 19.3 Å². The molecule has 0 aromatic carbocycles. The minimum Gasteiger partial charge on any atom is -0.356 e. The van der Waals surface area contributed by atoms with E-state index in [1.54, 1.807) is 7.05 Å². The van der Waals surface area contributed by atoms with Gasteiger partial charge in [-0.3, -0.25) is 9.89 Å². The molecule has 0 aliphatic rings. The van der Waals surface area contributed by atoms with Crippen molar-refractivity contribution < 1.29 is 13.2 Å². The number of hydrogen-bond donors (Lipinski definition) is 1.